The number of nitrogens with one attached hydrogen (secondary N) is 2. The number of aromatic nitrogens is 1. The van der Waals surface area contributed by atoms with E-state index in [0.29, 0.717) is 55.7 Å². The largest absolute Gasteiger partial charge is 0.476 e. The lowest BCUT2D eigenvalue weighted by molar-refractivity contribution is -0.135. The van der Waals surface area contributed by atoms with Crippen molar-refractivity contribution < 1.29 is 32.2 Å². The molecule has 2 N–H and O–H groups in total. The summed E-state index contributed by atoms with van der Waals surface area (Å²) in [7, 11) is 0. The Balaban J connectivity index is 1.20. The van der Waals surface area contributed by atoms with Crippen molar-refractivity contribution in [1.82, 2.24) is 15.6 Å². The van der Waals surface area contributed by atoms with E-state index in [1.807, 2.05) is 11.4 Å². The van der Waals surface area contributed by atoms with E-state index in [-0.39, 0.29) is 29.6 Å². The van der Waals surface area contributed by atoms with Crippen LogP contribution in [-0.2, 0) is 9.53 Å². The molecule has 2 atom stereocenters. The van der Waals surface area contributed by atoms with Gasteiger partial charge in [-0.3, -0.25) is 9.59 Å². The van der Waals surface area contributed by atoms with Crippen LogP contribution in [0.2, 0.25) is 5.02 Å². The number of fused-ring (bicyclic) bond motifs is 2. The fraction of sp³-hybridized carbons (Fsp3) is 0.552. The van der Waals surface area contributed by atoms with Crippen LogP contribution in [0.5, 0.6) is 5.75 Å². The van der Waals surface area contributed by atoms with Gasteiger partial charge in [-0.1, -0.05) is 11.6 Å². The van der Waals surface area contributed by atoms with Crippen LogP contribution in [-0.4, -0.2) is 79.5 Å². The molecule has 0 radical (unpaired) electrons. The average Bonchev–Trinajstić information content (AvgIpc) is 3.22. The monoisotopic (exact) mass is 609 g/mol. The quantitative estimate of drug-likeness (QED) is 0.460. The Morgan fingerprint density at radius 2 is 1.79 bits per heavy atom. The number of pyridine rings is 1. The SMILES string of the molecule is CC(C)(Oc1ccc(Cl)cc1N1CCOCC1)C(=O)NC1CC2CCC(C1)N2c1ccc(C(=O)NCC(F)(F)F)cn1. The van der Waals surface area contributed by atoms with E-state index in [2.05, 4.69) is 20.1 Å². The first kappa shape index (κ1) is 30.2. The third kappa shape index (κ3) is 7.03. The maximum atomic E-state index is 13.5. The first-order valence-electron chi connectivity index (χ1n) is 14.1. The van der Waals surface area contributed by atoms with E-state index in [9.17, 15) is 22.8 Å². The van der Waals surface area contributed by atoms with Crippen molar-refractivity contribution in [2.24, 2.45) is 0 Å². The Hall–Kier alpha value is -3.25. The number of benzene rings is 1. The molecule has 4 heterocycles. The van der Waals surface area contributed by atoms with Gasteiger partial charge >= 0.3 is 6.18 Å². The van der Waals surface area contributed by atoms with Crippen LogP contribution in [0.25, 0.3) is 0 Å². The molecule has 0 saturated carbocycles. The van der Waals surface area contributed by atoms with E-state index in [1.165, 1.54) is 12.3 Å². The van der Waals surface area contributed by atoms with E-state index in [1.54, 1.807) is 32.0 Å². The topological polar surface area (TPSA) is 96.0 Å². The van der Waals surface area contributed by atoms with Gasteiger partial charge in [0, 0.05) is 42.4 Å². The molecule has 3 aliphatic rings. The van der Waals surface area contributed by atoms with E-state index < -0.39 is 24.2 Å². The predicted octanol–water partition coefficient (Wildman–Crippen LogP) is 4.34. The first-order chi connectivity index (χ1) is 19.9. The number of amides is 2. The minimum Gasteiger partial charge on any atom is -0.476 e. The molecule has 1 aromatic carbocycles. The zero-order valence-corrected chi connectivity index (χ0v) is 24.3. The minimum absolute atomic E-state index is 0.0505. The summed E-state index contributed by atoms with van der Waals surface area (Å²) in [4.78, 5) is 34.2. The van der Waals surface area contributed by atoms with Crippen LogP contribution in [0.3, 0.4) is 0 Å². The van der Waals surface area contributed by atoms with Gasteiger partial charge in [0.15, 0.2) is 5.60 Å². The highest BCUT2D eigenvalue weighted by Crippen LogP contribution is 2.39. The highest BCUT2D eigenvalue weighted by molar-refractivity contribution is 6.31. The van der Waals surface area contributed by atoms with Crippen molar-refractivity contribution in [1.29, 1.82) is 0 Å². The van der Waals surface area contributed by atoms with Gasteiger partial charge in [-0.05, 0) is 69.9 Å². The molecule has 1 aromatic heterocycles. The van der Waals surface area contributed by atoms with Gasteiger partial charge in [0.1, 0.15) is 18.1 Å². The molecule has 2 bridgehead atoms. The van der Waals surface area contributed by atoms with E-state index in [0.717, 1.165) is 18.5 Å². The van der Waals surface area contributed by atoms with Crippen molar-refractivity contribution in [3.63, 3.8) is 0 Å². The van der Waals surface area contributed by atoms with Crippen molar-refractivity contribution in [3.05, 3.63) is 47.1 Å². The average molecular weight is 610 g/mol. The van der Waals surface area contributed by atoms with Crippen LogP contribution < -0.4 is 25.2 Å². The Kier molecular flexibility index (Phi) is 8.75. The van der Waals surface area contributed by atoms with Crippen molar-refractivity contribution in [3.8, 4) is 5.75 Å². The van der Waals surface area contributed by atoms with Crippen LogP contribution >= 0.6 is 11.6 Å². The second-order valence-corrected chi connectivity index (χ2v) is 11.9. The summed E-state index contributed by atoms with van der Waals surface area (Å²) in [6, 6.07) is 8.77. The number of anilines is 2. The predicted molar refractivity (Wildman–Crippen MR) is 152 cm³/mol. The molecule has 0 aliphatic carbocycles. The first-order valence-corrected chi connectivity index (χ1v) is 14.5. The van der Waals surface area contributed by atoms with Crippen LogP contribution in [0.1, 0.15) is 49.9 Å². The number of hydrogen-bond donors (Lipinski definition) is 2. The number of ether oxygens (including phenoxy) is 2. The molecule has 2 unspecified atom stereocenters. The second kappa shape index (κ2) is 12.2. The summed E-state index contributed by atoms with van der Waals surface area (Å²) in [6.07, 6.45) is 0.114. The van der Waals surface area contributed by atoms with Crippen molar-refractivity contribution in [2.75, 3.05) is 42.6 Å². The van der Waals surface area contributed by atoms with E-state index >= 15 is 0 Å². The van der Waals surface area contributed by atoms with Crippen molar-refractivity contribution >= 4 is 34.9 Å². The molecule has 3 saturated heterocycles. The molecule has 13 heteroatoms. The number of carbonyl (C=O) groups excluding carboxylic acids is 2. The highest BCUT2D eigenvalue weighted by atomic mass is 35.5. The van der Waals surface area contributed by atoms with Gasteiger partial charge in [-0.15, -0.1) is 0 Å². The fourth-order valence-electron chi connectivity index (χ4n) is 5.93. The number of alkyl halides is 3. The molecule has 9 nitrogen and oxygen atoms in total. The zero-order chi connectivity index (χ0) is 30.1. The molecule has 3 fully saturated rings. The summed E-state index contributed by atoms with van der Waals surface area (Å²) < 4.78 is 49.0. The van der Waals surface area contributed by atoms with Gasteiger partial charge in [0.2, 0.25) is 0 Å². The fourth-order valence-corrected chi connectivity index (χ4v) is 6.10. The van der Waals surface area contributed by atoms with Gasteiger partial charge < -0.3 is 29.9 Å². The molecule has 2 aromatic rings. The summed E-state index contributed by atoms with van der Waals surface area (Å²) in [5, 5.41) is 5.64. The minimum atomic E-state index is -4.48. The Bertz CT molecular complexity index is 1270. The van der Waals surface area contributed by atoms with Crippen LogP contribution in [0, 0.1) is 0 Å². The van der Waals surface area contributed by atoms with Crippen molar-refractivity contribution in [2.45, 2.75) is 69.4 Å². The molecule has 2 amide bonds. The summed E-state index contributed by atoms with van der Waals surface area (Å²) >= 11 is 6.28. The Labute approximate surface area is 247 Å². The van der Waals surface area contributed by atoms with Crippen LogP contribution in [0.15, 0.2) is 36.5 Å². The highest BCUT2D eigenvalue weighted by Gasteiger charge is 2.43. The summed E-state index contributed by atoms with van der Waals surface area (Å²) in [5.74, 6) is 0.214. The number of morpholine rings is 1. The lowest BCUT2D eigenvalue weighted by Crippen LogP contribution is -2.55. The Morgan fingerprint density at radius 1 is 1.10 bits per heavy atom. The third-order valence-corrected chi connectivity index (χ3v) is 8.21. The number of halogens is 4. The zero-order valence-electron chi connectivity index (χ0n) is 23.5. The molecular weight excluding hydrogens is 575 g/mol. The second-order valence-electron chi connectivity index (χ2n) is 11.5. The summed E-state index contributed by atoms with van der Waals surface area (Å²) in [5.41, 5.74) is -0.249. The number of nitrogens with zero attached hydrogens (tertiary/aromatic N) is 3. The maximum absolute atomic E-state index is 13.5. The molecule has 42 heavy (non-hydrogen) atoms. The Morgan fingerprint density at radius 3 is 2.40 bits per heavy atom. The molecular formula is C29H35ClF3N5O4. The van der Waals surface area contributed by atoms with E-state index in [4.69, 9.17) is 21.1 Å². The number of piperidine rings is 1. The van der Waals surface area contributed by atoms with Gasteiger partial charge in [-0.25, -0.2) is 4.98 Å². The molecule has 0 spiro atoms. The molecule has 228 valence electrons. The van der Waals surface area contributed by atoms with Gasteiger partial charge in [-0.2, -0.15) is 13.2 Å². The summed E-state index contributed by atoms with van der Waals surface area (Å²) in [6.45, 7) is 4.72. The molecule has 5 rings (SSSR count). The van der Waals surface area contributed by atoms with Gasteiger partial charge in [0.25, 0.3) is 11.8 Å². The number of carbonyl (C=O) groups is 2. The number of rotatable bonds is 8. The smallest absolute Gasteiger partial charge is 0.405 e. The lowest BCUT2D eigenvalue weighted by Gasteiger charge is -2.41. The molecule has 3 aliphatic heterocycles. The normalized spacial score (nSPS) is 22.6. The lowest BCUT2D eigenvalue weighted by atomic mass is 9.96. The third-order valence-electron chi connectivity index (χ3n) is 7.98. The van der Waals surface area contributed by atoms with Crippen LogP contribution in [0.4, 0.5) is 24.7 Å². The number of hydrogen-bond acceptors (Lipinski definition) is 7. The standard InChI is InChI=1S/C29H35ClF3N5O4/c1-28(2,42-24-7-4-19(30)13-23(24)37-9-11-41-12-10-37)27(40)36-20-14-21-5-6-22(15-20)38(21)25-8-3-18(16-34-25)26(39)35-17-29(31,32)33/h3-4,7-8,13,16,20-22H,5-6,9-12,14-15,17H2,1-2H3,(H,35,39)(H,36,40). The van der Waals surface area contributed by atoms with Gasteiger partial charge in [0.05, 0.1) is 24.5 Å². The maximum Gasteiger partial charge on any atom is 0.405 e.